The van der Waals surface area contributed by atoms with Crippen molar-refractivity contribution in [2.45, 2.75) is 31.2 Å². The lowest BCUT2D eigenvalue weighted by Crippen LogP contribution is -2.33. The zero-order valence-corrected chi connectivity index (χ0v) is 14.2. The number of thioether (sulfide) groups is 1. The van der Waals surface area contributed by atoms with Crippen LogP contribution in [0.1, 0.15) is 20.3 Å². The molecule has 1 rings (SSSR count). The summed E-state index contributed by atoms with van der Waals surface area (Å²) in [6.45, 7) is 3.93. The summed E-state index contributed by atoms with van der Waals surface area (Å²) in [5.41, 5.74) is 0. The van der Waals surface area contributed by atoms with Crippen molar-refractivity contribution < 1.29 is 8.42 Å². The van der Waals surface area contributed by atoms with Crippen LogP contribution in [0, 0.1) is 0 Å². The van der Waals surface area contributed by atoms with Crippen molar-refractivity contribution in [2.75, 3.05) is 23.9 Å². The Labute approximate surface area is 129 Å². The third-order valence-corrected chi connectivity index (χ3v) is 5.40. The van der Waals surface area contributed by atoms with E-state index in [4.69, 9.17) is 11.6 Å². The number of hydrogen-bond donors (Lipinski definition) is 2. The van der Waals surface area contributed by atoms with Crippen LogP contribution < -0.4 is 10.0 Å². The zero-order valence-electron chi connectivity index (χ0n) is 11.8. The molecule has 0 aliphatic heterocycles. The van der Waals surface area contributed by atoms with Gasteiger partial charge in [-0.15, -0.1) is 0 Å². The Morgan fingerprint density at radius 2 is 2.20 bits per heavy atom. The molecule has 0 aliphatic rings. The molecule has 8 heteroatoms. The normalized spacial score (nSPS) is 13.2. The van der Waals surface area contributed by atoms with Crippen molar-refractivity contribution in [1.82, 2.24) is 9.71 Å². The van der Waals surface area contributed by atoms with E-state index >= 15 is 0 Å². The lowest BCUT2D eigenvalue weighted by atomic mass is 10.3. The average Bonchev–Trinajstić information content (AvgIpc) is 2.38. The van der Waals surface area contributed by atoms with E-state index in [9.17, 15) is 8.42 Å². The second kappa shape index (κ2) is 8.07. The number of nitrogens with one attached hydrogen (secondary N) is 2. The number of sulfonamides is 1. The van der Waals surface area contributed by atoms with Crippen LogP contribution in [0.2, 0.25) is 5.02 Å². The van der Waals surface area contributed by atoms with Crippen molar-refractivity contribution in [3.8, 4) is 0 Å². The highest BCUT2D eigenvalue weighted by molar-refractivity contribution is 7.99. The summed E-state index contributed by atoms with van der Waals surface area (Å²) in [4.78, 5) is 4.06. The van der Waals surface area contributed by atoms with Gasteiger partial charge >= 0.3 is 0 Å². The molecule has 1 atom stereocenters. The molecule has 0 saturated heterocycles. The first-order valence-corrected chi connectivity index (χ1v) is 9.35. The van der Waals surface area contributed by atoms with Crippen molar-refractivity contribution in [2.24, 2.45) is 0 Å². The Balaban J connectivity index is 2.75. The fourth-order valence-corrected chi connectivity index (χ4v) is 3.93. The topological polar surface area (TPSA) is 71.1 Å². The second-order valence-electron chi connectivity index (χ2n) is 4.26. The number of hydrogen-bond acceptors (Lipinski definition) is 5. The first-order valence-electron chi connectivity index (χ1n) is 6.34. The van der Waals surface area contributed by atoms with Crippen molar-refractivity contribution in [3.63, 3.8) is 0 Å². The minimum absolute atomic E-state index is 0.0801. The highest BCUT2D eigenvalue weighted by atomic mass is 35.5. The van der Waals surface area contributed by atoms with Gasteiger partial charge in [0.2, 0.25) is 10.0 Å². The van der Waals surface area contributed by atoms with Gasteiger partial charge < -0.3 is 5.32 Å². The van der Waals surface area contributed by atoms with Crippen LogP contribution in [-0.2, 0) is 10.0 Å². The van der Waals surface area contributed by atoms with E-state index in [-0.39, 0.29) is 16.0 Å². The number of anilines is 1. The Morgan fingerprint density at radius 3 is 2.75 bits per heavy atom. The summed E-state index contributed by atoms with van der Waals surface area (Å²) < 4.78 is 27.0. The molecule has 114 valence electrons. The highest BCUT2D eigenvalue weighted by Crippen LogP contribution is 2.22. The van der Waals surface area contributed by atoms with Gasteiger partial charge in [-0.2, -0.15) is 11.8 Å². The van der Waals surface area contributed by atoms with Crippen molar-refractivity contribution in [1.29, 1.82) is 0 Å². The first-order chi connectivity index (χ1) is 9.40. The molecule has 0 fully saturated rings. The number of rotatable bonds is 8. The predicted molar refractivity (Wildman–Crippen MR) is 86.2 cm³/mol. The van der Waals surface area contributed by atoms with Gasteiger partial charge in [0.05, 0.1) is 5.02 Å². The smallest absolute Gasteiger partial charge is 0.242 e. The Hall–Kier alpha value is -0.500. The molecular formula is C12H20ClN3O2S2. The van der Waals surface area contributed by atoms with Crippen LogP contribution in [0.25, 0.3) is 0 Å². The van der Waals surface area contributed by atoms with Crippen molar-refractivity contribution >= 4 is 39.2 Å². The summed E-state index contributed by atoms with van der Waals surface area (Å²) in [6.07, 6.45) is 2.08. The van der Waals surface area contributed by atoms with Gasteiger partial charge in [-0.05, 0) is 30.9 Å². The van der Waals surface area contributed by atoms with Crippen LogP contribution in [0.3, 0.4) is 0 Å². The van der Waals surface area contributed by atoms with Crippen molar-refractivity contribution in [3.05, 3.63) is 17.3 Å². The summed E-state index contributed by atoms with van der Waals surface area (Å²) >= 11 is 7.74. The fraction of sp³-hybridized carbons (Fsp3) is 0.583. The van der Waals surface area contributed by atoms with E-state index < -0.39 is 10.0 Å². The molecule has 0 amide bonds. The zero-order chi connectivity index (χ0) is 15.2. The van der Waals surface area contributed by atoms with Gasteiger partial charge in [0.25, 0.3) is 0 Å². The molecule has 5 nitrogen and oxygen atoms in total. The minimum atomic E-state index is -3.58. The van der Waals surface area contributed by atoms with Gasteiger partial charge in [-0.1, -0.05) is 18.5 Å². The summed E-state index contributed by atoms with van der Waals surface area (Å²) in [5, 5.41) is 3.07. The first kappa shape index (κ1) is 17.6. The van der Waals surface area contributed by atoms with Gasteiger partial charge in [-0.25, -0.2) is 18.1 Å². The fourth-order valence-electron chi connectivity index (χ4n) is 1.55. The number of pyridine rings is 1. The molecule has 2 N–H and O–H groups in total. The molecule has 1 heterocycles. The van der Waals surface area contributed by atoms with E-state index in [1.54, 1.807) is 18.8 Å². The van der Waals surface area contributed by atoms with E-state index in [0.29, 0.717) is 5.82 Å². The molecule has 1 unspecified atom stereocenters. The monoisotopic (exact) mass is 337 g/mol. The molecule has 20 heavy (non-hydrogen) atoms. The molecule has 0 bridgehead atoms. The Morgan fingerprint density at radius 1 is 1.50 bits per heavy atom. The molecule has 0 saturated carbocycles. The third-order valence-electron chi connectivity index (χ3n) is 2.62. The minimum Gasteiger partial charge on any atom is -0.372 e. The lowest BCUT2D eigenvalue weighted by molar-refractivity contribution is 0.556. The molecule has 0 aliphatic carbocycles. The molecule has 0 aromatic carbocycles. The standard InChI is InChI=1S/C12H20ClN3O2S2/c1-4-19-6-5-9(2)16-20(17,18)10-7-11(13)12(14-3)15-8-10/h7-9,16H,4-6H2,1-3H3,(H,14,15). The molecular weight excluding hydrogens is 318 g/mol. The largest absolute Gasteiger partial charge is 0.372 e. The number of halogens is 1. The van der Waals surface area contributed by atoms with E-state index in [0.717, 1.165) is 17.9 Å². The van der Waals surface area contributed by atoms with E-state index in [2.05, 4.69) is 21.9 Å². The van der Waals surface area contributed by atoms with Crippen LogP contribution in [0.4, 0.5) is 5.82 Å². The van der Waals surface area contributed by atoms with Gasteiger partial charge in [0, 0.05) is 19.3 Å². The quantitative estimate of drug-likeness (QED) is 0.713. The summed E-state index contributed by atoms with van der Waals surface area (Å²) in [6, 6.07) is 1.28. The SMILES string of the molecule is CCSCCC(C)NS(=O)(=O)c1cnc(NC)c(Cl)c1. The van der Waals surface area contributed by atoms with Crippen LogP contribution in [0.5, 0.6) is 0 Å². The maximum absolute atomic E-state index is 12.2. The second-order valence-corrected chi connectivity index (χ2v) is 7.77. The Kier molecular flexibility index (Phi) is 7.08. The molecule has 0 spiro atoms. The molecule has 1 aromatic heterocycles. The van der Waals surface area contributed by atoms with E-state index in [1.165, 1.54) is 12.3 Å². The predicted octanol–water partition coefficient (Wildman–Crippen LogP) is 2.59. The van der Waals surface area contributed by atoms with Gasteiger partial charge in [-0.3, -0.25) is 0 Å². The number of nitrogens with zero attached hydrogens (tertiary/aromatic N) is 1. The number of aromatic nitrogens is 1. The maximum atomic E-state index is 12.2. The van der Waals surface area contributed by atoms with Crippen LogP contribution in [-0.4, -0.2) is 38.0 Å². The van der Waals surface area contributed by atoms with Crippen LogP contribution >= 0.6 is 23.4 Å². The average molecular weight is 338 g/mol. The van der Waals surface area contributed by atoms with Gasteiger partial charge in [0.1, 0.15) is 10.7 Å². The summed E-state index contributed by atoms with van der Waals surface area (Å²) in [5.74, 6) is 2.42. The highest BCUT2D eigenvalue weighted by Gasteiger charge is 2.19. The maximum Gasteiger partial charge on any atom is 0.242 e. The summed E-state index contributed by atoms with van der Waals surface area (Å²) in [7, 11) is -1.90. The lowest BCUT2D eigenvalue weighted by Gasteiger charge is -2.14. The molecule has 1 aromatic rings. The third kappa shape index (κ3) is 5.12. The van der Waals surface area contributed by atoms with Gasteiger partial charge in [0.15, 0.2) is 0 Å². The van der Waals surface area contributed by atoms with E-state index in [1.807, 2.05) is 6.92 Å². The molecule has 0 radical (unpaired) electrons. The Bertz CT molecular complexity index is 538. The van der Waals surface area contributed by atoms with Crippen LogP contribution in [0.15, 0.2) is 17.2 Å².